The van der Waals surface area contributed by atoms with Crippen molar-refractivity contribution in [3.05, 3.63) is 47.7 Å². The summed E-state index contributed by atoms with van der Waals surface area (Å²) in [5.41, 5.74) is 1.76. The maximum absolute atomic E-state index is 13.4. The molecule has 1 heterocycles. The van der Waals surface area contributed by atoms with Gasteiger partial charge in [-0.05, 0) is 39.0 Å². The van der Waals surface area contributed by atoms with Gasteiger partial charge < -0.3 is 10.2 Å². The zero-order valence-corrected chi connectivity index (χ0v) is 12.7. The average Bonchev–Trinajstić information content (AvgIpc) is 2.44. The van der Waals surface area contributed by atoms with Crippen LogP contribution in [-0.2, 0) is 6.54 Å². The molecule has 1 N–H and O–H groups in total. The number of nitrogens with one attached hydrogen (secondary N) is 1. The largest absolute Gasteiger partial charge is 0.370 e. The fourth-order valence-electron chi connectivity index (χ4n) is 2.20. The Morgan fingerprint density at radius 3 is 2.67 bits per heavy atom. The van der Waals surface area contributed by atoms with Crippen LogP contribution < -0.4 is 10.2 Å². The summed E-state index contributed by atoms with van der Waals surface area (Å²) in [6, 6.07) is 8.52. The van der Waals surface area contributed by atoms with Crippen LogP contribution in [0.15, 0.2) is 30.3 Å². The van der Waals surface area contributed by atoms with Crippen LogP contribution in [0.3, 0.4) is 0 Å². The third-order valence-corrected chi connectivity index (χ3v) is 3.15. The number of nitrogens with zero attached hydrogens (tertiary/aromatic N) is 3. The van der Waals surface area contributed by atoms with Crippen molar-refractivity contribution in [1.82, 2.24) is 9.97 Å². The Morgan fingerprint density at radius 1 is 1.19 bits per heavy atom. The third-order valence-electron chi connectivity index (χ3n) is 3.15. The summed E-state index contributed by atoms with van der Waals surface area (Å²) in [7, 11) is 0. The predicted octanol–water partition coefficient (Wildman–Crippen LogP) is 3.38. The Balaban J connectivity index is 2.22. The molecule has 0 aliphatic rings. The normalized spacial score (nSPS) is 10.5. The van der Waals surface area contributed by atoms with Gasteiger partial charge in [-0.2, -0.15) is 0 Å². The molecule has 4 nitrogen and oxygen atoms in total. The van der Waals surface area contributed by atoms with Crippen molar-refractivity contribution in [2.24, 2.45) is 0 Å². The van der Waals surface area contributed by atoms with Crippen molar-refractivity contribution in [1.29, 1.82) is 0 Å². The number of hydrogen-bond acceptors (Lipinski definition) is 4. The molecule has 1 aromatic carbocycles. The first-order valence-corrected chi connectivity index (χ1v) is 7.21. The molecule has 0 aliphatic carbocycles. The van der Waals surface area contributed by atoms with Gasteiger partial charge in [0.1, 0.15) is 17.5 Å². The minimum absolute atomic E-state index is 0.232. The SMILES string of the molecule is CCNc1cc(C)nc(CN(CC)c2cccc(F)c2)n1. The van der Waals surface area contributed by atoms with E-state index in [0.29, 0.717) is 6.54 Å². The number of aryl methyl sites for hydroxylation is 1. The van der Waals surface area contributed by atoms with Crippen LogP contribution in [0.2, 0.25) is 0 Å². The molecule has 21 heavy (non-hydrogen) atoms. The fourth-order valence-corrected chi connectivity index (χ4v) is 2.20. The first-order chi connectivity index (χ1) is 10.1. The Hall–Kier alpha value is -2.17. The minimum Gasteiger partial charge on any atom is -0.370 e. The zero-order valence-electron chi connectivity index (χ0n) is 12.7. The first kappa shape index (κ1) is 15.2. The lowest BCUT2D eigenvalue weighted by Gasteiger charge is -2.22. The molecule has 0 saturated heterocycles. The second-order valence-electron chi connectivity index (χ2n) is 4.84. The lowest BCUT2D eigenvalue weighted by atomic mass is 10.2. The molecule has 0 bridgehead atoms. The van der Waals surface area contributed by atoms with E-state index < -0.39 is 0 Å². The Kier molecular flexibility index (Phi) is 5.09. The van der Waals surface area contributed by atoms with Crippen molar-refractivity contribution in [2.75, 3.05) is 23.3 Å². The number of benzene rings is 1. The van der Waals surface area contributed by atoms with Crippen molar-refractivity contribution in [2.45, 2.75) is 27.3 Å². The van der Waals surface area contributed by atoms with E-state index in [0.717, 1.165) is 36.1 Å². The third kappa shape index (κ3) is 4.15. The first-order valence-electron chi connectivity index (χ1n) is 7.21. The Bertz CT molecular complexity index is 601. The number of aromatic nitrogens is 2. The highest BCUT2D eigenvalue weighted by Crippen LogP contribution is 2.18. The summed E-state index contributed by atoms with van der Waals surface area (Å²) < 4.78 is 13.4. The molecule has 1 aromatic heterocycles. The number of rotatable bonds is 6. The van der Waals surface area contributed by atoms with Crippen LogP contribution >= 0.6 is 0 Å². The van der Waals surface area contributed by atoms with E-state index in [2.05, 4.69) is 15.3 Å². The molecule has 0 amide bonds. The molecule has 5 heteroatoms. The molecule has 0 saturated carbocycles. The number of anilines is 2. The van der Waals surface area contributed by atoms with Crippen LogP contribution in [0, 0.1) is 12.7 Å². The van der Waals surface area contributed by atoms with Gasteiger partial charge in [-0.15, -0.1) is 0 Å². The quantitative estimate of drug-likeness (QED) is 0.884. The molecule has 112 valence electrons. The smallest absolute Gasteiger partial charge is 0.150 e. The van der Waals surface area contributed by atoms with E-state index in [-0.39, 0.29) is 5.82 Å². The summed E-state index contributed by atoms with van der Waals surface area (Å²) in [4.78, 5) is 11.0. The molecule has 0 atom stereocenters. The van der Waals surface area contributed by atoms with Gasteiger partial charge in [0.05, 0.1) is 6.54 Å². The lowest BCUT2D eigenvalue weighted by Crippen LogP contribution is -2.24. The monoisotopic (exact) mass is 288 g/mol. The molecule has 2 rings (SSSR count). The molecule has 0 fully saturated rings. The summed E-state index contributed by atoms with van der Waals surface area (Å²) in [6.45, 7) is 8.15. The summed E-state index contributed by atoms with van der Waals surface area (Å²) in [5, 5.41) is 3.20. The van der Waals surface area contributed by atoms with Gasteiger partial charge in [-0.25, -0.2) is 14.4 Å². The van der Waals surface area contributed by atoms with Crippen molar-refractivity contribution >= 4 is 11.5 Å². The van der Waals surface area contributed by atoms with E-state index in [1.165, 1.54) is 12.1 Å². The molecule has 0 aliphatic heterocycles. The topological polar surface area (TPSA) is 41.1 Å². The van der Waals surface area contributed by atoms with Crippen molar-refractivity contribution < 1.29 is 4.39 Å². The molecule has 0 unspecified atom stereocenters. The highest BCUT2D eigenvalue weighted by atomic mass is 19.1. The van der Waals surface area contributed by atoms with E-state index in [1.807, 2.05) is 37.8 Å². The number of hydrogen-bond donors (Lipinski definition) is 1. The van der Waals surface area contributed by atoms with Gasteiger partial charge in [0, 0.05) is 30.5 Å². The second-order valence-corrected chi connectivity index (χ2v) is 4.84. The van der Waals surface area contributed by atoms with E-state index in [9.17, 15) is 4.39 Å². The predicted molar refractivity (Wildman–Crippen MR) is 84.1 cm³/mol. The van der Waals surface area contributed by atoms with Gasteiger partial charge in [0.15, 0.2) is 0 Å². The van der Waals surface area contributed by atoms with Gasteiger partial charge in [0.25, 0.3) is 0 Å². The molecule has 2 aromatic rings. The highest BCUT2D eigenvalue weighted by Gasteiger charge is 2.09. The van der Waals surface area contributed by atoms with Crippen molar-refractivity contribution in [3.63, 3.8) is 0 Å². The van der Waals surface area contributed by atoms with Crippen LogP contribution in [0.25, 0.3) is 0 Å². The van der Waals surface area contributed by atoms with Gasteiger partial charge >= 0.3 is 0 Å². The maximum Gasteiger partial charge on any atom is 0.150 e. The fraction of sp³-hybridized carbons (Fsp3) is 0.375. The lowest BCUT2D eigenvalue weighted by molar-refractivity contribution is 0.626. The molecular formula is C16H21FN4. The van der Waals surface area contributed by atoms with Crippen LogP contribution in [-0.4, -0.2) is 23.1 Å². The summed E-state index contributed by atoms with van der Waals surface area (Å²) in [5.74, 6) is 1.33. The van der Waals surface area contributed by atoms with E-state index >= 15 is 0 Å². The van der Waals surface area contributed by atoms with E-state index in [4.69, 9.17) is 0 Å². The molecular weight excluding hydrogens is 267 g/mol. The van der Waals surface area contributed by atoms with Gasteiger partial charge in [-0.1, -0.05) is 6.07 Å². The van der Waals surface area contributed by atoms with Crippen LogP contribution in [0.4, 0.5) is 15.9 Å². The zero-order chi connectivity index (χ0) is 15.2. The van der Waals surface area contributed by atoms with E-state index in [1.54, 1.807) is 6.07 Å². The van der Waals surface area contributed by atoms with Gasteiger partial charge in [0.2, 0.25) is 0 Å². The van der Waals surface area contributed by atoms with Gasteiger partial charge in [-0.3, -0.25) is 0 Å². The average molecular weight is 288 g/mol. The maximum atomic E-state index is 13.4. The standard InChI is InChI=1S/C16H21FN4/c1-4-18-15-9-12(3)19-16(20-15)11-21(5-2)14-8-6-7-13(17)10-14/h6-10H,4-5,11H2,1-3H3,(H,18,19,20). The summed E-state index contributed by atoms with van der Waals surface area (Å²) in [6.07, 6.45) is 0. The minimum atomic E-state index is -0.232. The van der Waals surface area contributed by atoms with Crippen molar-refractivity contribution in [3.8, 4) is 0 Å². The summed E-state index contributed by atoms with van der Waals surface area (Å²) >= 11 is 0. The van der Waals surface area contributed by atoms with Crippen LogP contribution in [0.5, 0.6) is 0 Å². The molecule has 0 radical (unpaired) electrons. The molecule has 0 spiro atoms. The van der Waals surface area contributed by atoms with Crippen LogP contribution in [0.1, 0.15) is 25.4 Å². The Morgan fingerprint density at radius 2 is 2.00 bits per heavy atom. The highest BCUT2D eigenvalue weighted by molar-refractivity contribution is 5.46. The second kappa shape index (κ2) is 7.02. The number of halogens is 1. The Labute approximate surface area is 125 Å².